The first-order chi connectivity index (χ1) is 8.24. The molecule has 0 aliphatic carbocycles. The van der Waals surface area contributed by atoms with Gasteiger partial charge in [0.05, 0.1) is 5.69 Å². The molecule has 0 radical (unpaired) electrons. The molecule has 1 aromatic carbocycles. The number of anilines is 2. The number of benzene rings is 1. The molecule has 0 aliphatic heterocycles. The molecule has 2 aromatic rings. The molecular weight excluding hydrogens is 283 g/mol. The molecule has 2 nitrogen and oxygen atoms in total. The molecule has 0 aliphatic rings. The summed E-state index contributed by atoms with van der Waals surface area (Å²) in [6.07, 6.45) is 1.71. The first-order valence-corrected chi connectivity index (χ1v) is 6.34. The van der Waals surface area contributed by atoms with E-state index in [1.54, 1.807) is 23.2 Å². The minimum Gasteiger partial charge on any atom is -0.327 e. The third-order valence-electron chi connectivity index (χ3n) is 2.54. The van der Waals surface area contributed by atoms with Crippen molar-refractivity contribution in [2.75, 3.05) is 11.9 Å². The molecule has 0 spiro atoms. The van der Waals surface area contributed by atoms with Gasteiger partial charge in [-0.25, -0.2) is 9.37 Å². The topological polar surface area (TPSA) is 16.1 Å². The summed E-state index contributed by atoms with van der Waals surface area (Å²) in [5.74, 6) is 0.510. The number of pyridine rings is 1. The Morgan fingerprint density at radius 2 is 2.00 bits per heavy atom. The first-order valence-electron chi connectivity index (χ1n) is 5.22. The van der Waals surface area contributed by atoms with E-state index in [1.165, 1.54) is 6.07 Å². The van der Waals surface area contributed by atoms with Crippen LogP contribution in [0.2, 0.25) is 0 Å². The van der Waals surface area contributed by atoms with Crippen molar-refractivity contribution in [2.24, 2.45) is 0 Å². The largest absolute Gasteiger partial charge is 0.327 e. The van der Waals surface area contributed by atoms with Gasteiger partial charge in [-0.15, -0.1) is 0 Å². The summed E-state index contributed by atoms with van der Waals surface area (Å²) in [7, 11) is 1.81. The molecule has 88 valence electrons. The molecule has 0 unspecified atom stereocenters. The SMILES string of the molecule is CN(c1ccccc1F)c1ncccc1CBr. The molecule has 0 fully saturated rings. The van der Waals surface area contributed by atoms with Gasteiger partial charge in [0.15, 0.2) is 0 Å². The van der Waals surface area contributed by atoms with Crippen LogP contribution in [0.3, 0.4) is 0 Å². The smallest absolute Gasteiger partial charge is 0.146 e. The van der Waals surface area contributed by atoms with Gasteiger partial charge < -0.3 is 4.90 Å². The summed E-state index contributed by atoms with van der Waals surface area (Å²) in [6.45, 7) is 0. The first kappa shape index (κ1) is 12.0. The van der Waals surface area contributed by atoms with Gasteiger partial charge in [0.2, 0.25) is 0 Å². The Balaban J connectivity index is 2.44. The van der Waals surface area contributed by atoms with Crippen molar-refractivity contribution in [3.8, 4) is 0 Å². The van der Waals surface area contributed by atoms with E-state index >= 15 is 0 Å². The molecule has 0 bridgehead atoms. The Bertz CT molecular complexity index is 516. The van der Waals surface area contributed by atoms with Crippen LogP contribution in [-0.2, 0) is 5.33 Å². The van der Waals surface area contributed by atoms with E-state index in [1.807, 2.05) is 25.2 Å². The number of nitrogens with zero attached hydrogens (tertiary/aromatic N) is 2. The van der Waals surface area contributed by atoms with E-state index in [-0.39, 0.29) is 5.82 Å². The quantitative estimate of drug-likeness (QED) is 0.799. The zero-order valence-corrected chi connectivity index (χ0v) is 11.0. The minimum atomic E-state index is -0.249. The number of para-hydroxylation sites is 1. The maximum atomic E-state index is 13.7. The van der Waals surface area contributed by atoms with Gasteiger partial charge >= 0.3 is 0 Å². The van der Waals surface area contributed by atoms with Crippen molar-refractivity contribution >= 4 is 27.4 Å². The Morgan fingerprint density at radius 1 is 1.24 bits per heavy atom. The molecule has 2 rings (SSSR count). The van der Waals surface area contributed by atoms with E-state index in [0.29, 0.717) is 11.0 Å². The van der Waals surface area contributed by atoms with E-state index in [2.05, 4.69) is 20.9 Å². The summed E-state index contributed by atoms with van der Waals surface area (Å²) >= 11 is 3.41. The minimum absolute atomic E-state index is 0.249. The third-order valence-corrected chi connectivity index (χ3v) is 3.15. The molecule has 0 saturated carbocycles. The number of hydrogen-bond donors (Lipinski definition) is 0. The molecule has 17 heavy (non-hydrogen) atoms. The summed E-state index contributed by atoms with van der Waals surface area (Å²) in [5, 5.41) is 0.689. The Kier molecular flexibility index (Phi) is 3.74. The zero-order chi connectivity index (χ0) is 12.3. The lowest BCUT2D eigenvalue weighted by Gasteiger charge is -2.21. The van der Waals surface area contributed by atoms with Gasteiger partial charge in [-0.3, -0.25) is 0 Å². The standard InChI is InChI=1S/C13H12BrFN2/c1-17(12-7-3-2-6-11(12)15)13-10(9-14)5-4-8-16-13/h2-8H,9H2,1H3. The van der Waals surface area contributed by atoms with Crippen LogP contribution in [0.25, 0.3) is 0 Å². The number of hydrogen-bond acceptors (Lipinski definition) is 2. The summed E-state index contributed by atoms with van der Waals surface area (Å²) < 4.78 is 13.7. The Labute approximate surface area is 108 Å². The van der Waals surface area contributed by atoms with E-state index in [9.17, 15) is 4.39 Å². The van der Waals surface area contributed by atoms with Crippen molar-refractivity contribution in [3.63, 3.8) is 0 Å². The maximum absolute atomic E-state index is 13.7. The molecular formula is C13H12BrFN2. The van der Waals surface area contributed by atoms with Crippen LogP contribution in [0.15, 0.2) is 42.6 Å². The highest BCUT2D eigenvalue weighted by atomic mass is 79.9. The van der Waals surface area contributed by atoms with Crippen LogP contribution < -0.4 is 4.90 Å². The average Bonchev–Trinajstić information content (AvgIpc) is 2.38. The van der Waals surface area contributed by atoms with Crippen LogP contribution in [-0.4, -0.2) is 12.0 Å². The fourth-order valence-corrected chi connectivity index (χ4v) is 2.11. The van der Waals surface area contributed by atoms with Crippen LogP contribution in [0.4, 0.5) is 15.9 Å². The fraction of sp³-hybridized carbons (Fsp3) is 0.154. The molecule has 0 atom stereocenters. The van der Waals surface area contributed by atoms with Crippen molar-refractivity contribution in [2.45, 2.75) is 5.33 Å². The maximum Gasteiger partial charge on any atom is 0.146 e. The van der Waals surface area contributed by atoms with Crippen molar-refractivity contribution in [3.05, 3.63) is 54.0 Å². The number of rotatable bonds is 3. The highest BCUT2D eigenvalue weighted by molar-refractivity contribution is 9.08. The number of aromatic nitrogens is 1. The molecule has 4 heteroatoms. The van der Waals surface area contributed by atoms with E-state index < -0.39 is 0 Å². The number of alkyl halides is 1. The third kappa shape index (κ3) is 2.47. The summed E-state index contributed by atoms with van der Waals surface area (Å²) in [5.41, 5.74) is 1.55. The van der Waals surface area contributed by atoms with Crippen molar-refractivity contribution in [1.82, 2.24) is 4.98 Å². The summed E-state index contributed by atoms with van der Waals surface area (Å²) in [4.78, 5) is 6.05. The zero-order valence-electron chi connectivity index (χ0n) is 9.40. The van der Waals surface area contributed by atoms with Gasteiger partial charge in [0, 0.05) is 24.1 Å². The normalized spacial score (nSPS) is 10.3. The van der Waals surface area contributed by atoms with Crippen LogP contribution in [0, 0.1) is 5.82 Å². The lowest BCUT2D eigenvalue weighted by atomic mass is 10.2. The van der Waals surface area contributed by atoms with Gasteiger partial charge in [-0.05, 0) is 18.2 Å². The predicted octanol–water partition coefficient (Wildman–Crippen LogP) is 3.88. The predicted molar refractivity (Wildman–Crippen MR) is 71.3 cm³/mol. The Hall–Kier alpha value is -1.42. The van der Waals surface area contributed by atoms with Crippen LogP contribution in [0.5, 0.6) is 0 Å². The molecule has 0 saturated heterocycles. The van der Waals surface area contributed by atoms with Gasteiger partial charge in [0.25, 0.3) is 0 Å². The second kappa shape index (κ2) is 5.27. The highest BCUT2D eigenvalue weighted by Crippen LogP contribution is 2.27. The monoisotopic (exact) mass is 294 g/mol. The lowest BCUT2D eigenvalue weighted by molar-refractivity contribution is 0.627. The highest BCUT2D eigenvalue weighted by Gasteiger charge is 2.12. The van der Waals surface area contributed by atoms with Crippen molar-refractivity contribution < 1.29 is 4.39 Å². The molecule has 1 aromatic heterocycles. The average molecular weight is 295 g/mol. The fourth-order valence-electron chi connectivity index (χ4n) is 1.67. The number of halogens is 2. The van der Waals surface area contributed by atoms with Crippen molar-refractivity contribution in [1.29, 1.82) is 0 Å². The van der Waals surface area contributed by atoms with Crippen LogP contribution in [0.1, 0.15) is 5.56 Å². The molecule has 0 amide bonds. The van der Waals surface area contributed by atoms with Gasteiger partial charge in [-0.1, -0.05) is 34.1 Å². The second-order valence-electron chi connectivity index (χ2n) is 3.63. The van der Waals surface area contributed by atoms with E-state index in [0.717, 1.165) is 11.4 Å². The second-order valence-corrected chi connectivity index (χ2v) is 4.19. The van der Waals surface area contributed by atoms with Crippen LogP contribution >= 0.6 is 15.9 Å². The molecule has 1 heterocycles. The Morgan fingerprint density at radius 3 is 2.71 bits per heavy atom. The molecule has 0 N–H and O–H groups in total. The van der Waals surface area contributed by atoms with E-state index in [4.69, 9.17) is 0 Å². The lowest BCUT2D eigenvalue weighted by Crippen LogP contribution is -2.14. The van der Waals surface area contributed by atoms with Gasteiger partial charge in [0.1, 0.15) is 11.6 Å². The summed E-state index contributed by atoms with van der Waals surface area (Å²) in [6, 6.07) is 10.5. The van der Waals surface area contributed by atoms with Gasteiger partial charge in [-0.2, -0.15) is 0 Å².